The Balaban J connectivity index is 1.65. The lowest BCUT2D eigenvalue weighted by Gasteiger charge is -2.29. The summed E-state index contributed by atoms with van der Waals surface area (Å²) in [4.78, 5) is 24.2. The molecule has 0 unspecified atom stereocenters. The number of esters is 2. The highest BCUT2D eigenvalue weighted by Gasteiger charge is 2.39. The molecule has 11 heteroatoms. The maximum absolute atomic E-state index is 13.2. The lowest BCUT2D eigenvalue weighted by molar-refractivity contribution is -0.222. The van der Waals surface area contributed by atoms with Gasteiger partial charge in [-0.25, -0.2) is 9.59 Å². The van der Waals surface area contributed by atoms with Crippen LogP contribution in [0.4, 0.5) is 18.9 Å². The fraction of sp³-hybridized carbons (Fsp3) is 0.238. The quantitative estimate of drug-likeness (QED) is 0.417. The number of carbonyl (C=O) groups excluding carboxylic acids is 2. The van der Waals surface area contributed by atoms with Gasteiger partial charge >= 0.3 is 18.1 Å². The number of benzene rings is 2. The van der Waals surface area contributed by atoms with Gasteiger partial charge < -0.3 is 29.0 Å². The molecule has 1 fully saturated rings. The highest BCUT2D eigenvalue weighted by molar-refractivity contribution is 6.15. The normalized spacial score (nSPS) is 16.8. The van der Waals surface area contributed by atoms with Crippen molar-refractivity contribution in [1.82, 2.24) is 0 Å². The van der Waals surface area contributed by atoms with Crippen LogP contribution in [0, 0.1) is 0 Å². The van der Waals surface area contributed by atoms with E-state index >= 15 is 0 Å². The first-order valence-corrected chi connectivity index (χ1v) is 9.24. The van der Waals surface area contributed by atoms with Gasteiger partial charge in [-0.2, -0.15) is 13.2 Å². The highest BCUT2D eigenvalue weighted by Crippen LogP contribution is 2.40. The first-order chi connectivity index (χ1) is 15.0. The van der Waals surface area contributed by atoms with Crippen LogP contribution in [-0.2, 0) is 25.2 Å². The summed E-state index contributed by atoms with van der Waals surface area (Å²) in [7, 11) is 0. The fourth-order valence-electron chi connectivity index (χ4n) is 2.90. The molecule has 0 radical (unpaired) electrons. The van der Waals surface area contributed by atoms with Crippen LogP contribution < -0.4 is 19.5 Å². The summed E-state index contributed by atoms with van der Waals surface area (Å²) in [6.07, 6.45) is -3.73. The van der Waals surface area contributed by atoms with Crippen molar-refractivity contribution in [3.05, 3.63) is 53.7 Å². The van der Waals surface area contributed by atoms with Crippen LogP contribution in [0.15, 0.2) is 48.2 Å². The number of ether oxygens (including phenoxy) is 5. The molecule has 2 aromatic carbocycles. The van der Waals surface area contributed by atoms with Gasteiger partial charge in [0.15, 0.2) is 22.8 Å². The van der Waals surface area contributed by atoms with E-state index in [0.717, 1.165) is 24.4 Å². The van der Waals surface area contributed by atoms with Gasteiger partial charge in [-0.3, -0.25) is 0 Å². The van der Waals surface area contributed by atoms with Crippen LogP contribution in [0.3, 0.4) is 0 Å². The van der Waals surface area contributed by atoms with Gasteiger partial charge in [0, 0.05) is 26.1 Å². The van der Waals surface area contributed by atoms with Crippen molar-refractivity contribution in [3.8, 4) is 23.0 Å². The molecule has 0 atom stereocenters. The SMILES string of the molecule is CC1(C)OC(=O)C(=CNc2cc(C(F)(F)F)ccc2Oc2ccc3c(c2)OCO3)C(=O)O1. The summed E-state index contributed by atoms with van der Waals surface area (Å²) >= 11 is 0. The Labute approximate surface area is 179 Å². The Hall–Kier alpha value is -3.89. The molecule has 168 valence electrons. The number of halogens is 3. The highest BCUT2D eigenvalue weighted by atomic mass is 19.4. The number of hydrogen-bond donors (Lipinski definition) is 1. The molecule has 0 spiro atoms. The second kappa shape index (κ2) is 7.66. The average molecular weight is 451 g/mol. The molecule has 32 heavy (non-hydrogen) atoms. The Kier molecular flexibility index (Phi) is 5.11. The second-order valence-electron chi connectivity index (χ2n) is 7.21. The summed E-state index contributed by atoms with van der Waals surface area (Å²) in [5, 5.41) is 2.51. The van der Waals surface area contributed by atoms with Gasteiger partial charge in [0.25, 0.3) is 5.79 Å². The molecule has 0 saturated carbocycles. The molecular formula is C21H16F3NO7. The third kappa shape index (κ3) is 4.41. The van der Waals surface area contributed by atoms with Gasteiger partial charge in [0.05, 0.1) is 11.3 Å². The Morgan fingerprint density at radius 1 is 1.00 bits per heavy atom. The monoisotopic (exact) mass is 451 g/mol. The summed E-state index contributed by atoms with van der Waals surface area (Å²) in [5.41, 5.74) is -1.64. The van der Waals surface area contributed by atoms with Crippen molar-refractivity contribution < 1.29 is 46.4 Å². The molecule has 1 saturated heterocycles. The number of cyclic esters (lactones) is 2. The van der Waals surface area contributed by atoms with Crippen LogP contribution in [0.1, 0.15) is 19.4 Å². The third-order valence-corrected chi connectivity index (χ3v) is 4.37. The predicted octanol–water partition coefficient (Wildman–Crippen LogP) is 4.36. The van der Waals surface area contributed by atoms with E-state index in [1.807, 2.05) is 0 Å². The predicted molar refractivity (Wildman–Crippen MR) is 102 cm³/mol. The van der Waals surface area contributed by atoms with Crippen LogP contribution in [0.5, 0.6) is 23.0 Å². The fourth-order valence-corrected chi connectivity index (χ4v) is 2.90. The van der Waals surface area contributed by atoms with Crippen molar-refractivity contribution in [2.24, 2.45) is 0 Å². The number of alkyl halides is 3. The van der Waals surface area contributed by atoms with Crippen molar-refractivity contribution >= 4 is 17.6 Å². The van der Waals surface area contributed by atoms with E-state index in [4.69, 9.17) is 23.7 Å². The standard InChI is InChI=1S/C21H16F3NO7/c1-20(2)31-18(26)13(19(27)32-20)9-25-14-7-11(21(22,23)24)3-5-15(14)30-12-4-6-16-17(8-12)29-10-28-16/h3-9,25H,10H2,1-2H3. The van der Waals surface area contributed by atoms with E-state index in [9.17, 15) is 22.8 Å². The average Bonchev–Trinajstić information content (AvgIpc) is 3.14. The Bertz CT molecular complexity index is 1100. The third-order valence-electron chi connectivity index (χ3n) is 4.37. The number of carbonyl (C=O) groups is 2. The molecule has 1 N–H and O–H groups in total. The molecule has 8 nitrogen and oxygen atoms in total. The second-order valence-corrected chi connectivity index (χ2v) is 7.21. The Morgan fingerprint density at radius 3 is 2.38 bits per heavy atom. The van der Waals surface area contributed by atoms with Gasteiger partial charge in [0.2, 0.25) is 6.79 Å². The van der Waals surface area contributed by atoms with Gasteiger partial charge in [0.1, 0.15) is 5.75 Å². The van der Waals surface area contributed by atoms with Crippen LogP contribution in [0.25, 0.3) is 0 Å². The smallest absolute Gasteiger partial charge is 0.416 e. The number of hydrogen-bond acceptors (Lipinski definition) is 8. The lowest BCUT2D eigenvalue weighted by atomic mass is 10.1. The van der Waals surface area contributed by atoms with E-state index in [-0.39, 0.29) is 24.0 Å². The maximum atomic E-state index is 13.2. The topological polar surface area (TPSA) is 92.3 Å². The molecule has 0 amide bonds. The summed E-state index contributed by atoms with van der Waals surface area (Å²) in [6, 6.07) is 7.38. The van der Waals surface area contributed by atoms with Crippen molar-refractivity contribution in [2.45, 2.75) is 25.8 Å². The van der Waals surface area contributed by atoms with Crippen molar-refractivity contribution in [2.75, 3.05) is 12.1 Å². The number of anilines is 1. The van der Waals surface area contributed by atoms with Crippen molar-refractivity contribution in [3.63, 3.8) is 0 Å². The minimum absolute atomic E-state index is 0.00779. The van der Waals surface area contributed by atoms with E-state index < -0.39 is 35.0 Å². The van der Waals surface area contributed by atoms with Crippen LogP contribution >= 0.6 is 0 Å². The number of nitrogens with one attached hydrogen (secondary N) is 1. The Morgan fingerprint density at radius 2 is 1.69 bits per heavy atom. The van der Waals surface area contributed by atoms with Gasteiger partial charge in [-0.05, 0) is 30.3 Å². The van der Waals surface area contributed by atoms with E-state index in [0.29, 0.717) is 11.5 Å². The first kappa shape index (κ1) is 21.3. The van der Waals surface area contributed by atoms with Gasteiger partial charge in [-0.1, -0.05) is 0 Å². The zero-order valence-corrected chi connectivity index (χ0v) is 16.7. The molecule has 2 aliphatic heterocycles. The van der Waals surface area contributed by atoms with Gasteiger partial charge in [-0.15, -0.1) is 0 Å². The van der Waals surface area contributed by atoms with Crippen LogP contribution in [0.2, 0.25) is 0 Å². The molecule has 2 aliphatic rings. The molecule has 0 bridgehead atoms. The van der Waals surface area contributed by atoms with Crippen LogP contribution in [-0.4, -0.2) is 24.5 Å². The summed E-state index contributed by atoms with van der Waals surface area (Å²) in [5.74, 6) is -2.23. The number of fused-ring (bicyclic) bond motifs is 1. The molecular weight excluding hydrogens is 435 g/mol. The molecule has 0 aromatic heterocycles. The lowest BCUT2D eigenvalue weighted by Crippen LogP contribution is -2.42. The van der Waals surface area contributed by atoms with E-state index in [1.54, 1.807) is 12.1 Å². The zero-order valence-electron chi connectivity index (χ0n) is 16.7. The number of rotatable bonds is 4. The molecule has 2 heterocycles. The van der Waals surface area contributed by atoms with Crippen molar-refractivity contribution in [1.29, 1.82) is 0 Å². The molecule has 4 rings (SSSR count). The summed E-state index contributed by atoms with van der Waals surface area (Å²) in [6.45, 7) is 2.79. The van der Waals surface area contributed by atoms with E-state index in [2.05, 4.69) is 5.32 Å². The summed E-state index contributed by atoms with van der Waals surface area (Å²) < 4.78 is 65.8. The molecule has 0 aliphatic carbocycles. The maximum Gasteiger partial charge on any atom is 0.416 e. The first-order valence-electron chi connectivity index (χ1n) is 9.24. The van der Waals surface area contributed by atoms with E-state index in [1.165, 1.54) is 19.9 Å². The zero-order chi connectivity index (χ0) is 23.1. The largest absolute Gasteiger partial charge is 0.455 e. The molecule has 2 aromatic rings. The minimum Gasteiger partial charge on any atom is -0.455 e. The minimum atomic E-state index is -4.63.